The van der Waals surface area contributed by atoms with Gasteiger partial charge in [0.15, 0.2) is 5.96 Å². The Kier molecular flexibility index (Phi) is 12.4. The highest BCUT2D eigenvalue weighted by molar-refractivity contribution is 14.0. The zero-order valence-corrected chi connectivity index (χ0v) is 21.6. The summed E-state index contributed by atoms with van der Waals surface area (Å²) in [5, 5.41) is 7.03. The van der Waals surface area contributed by atoms with Crippen molar-refractivity contribution in [3.8, 4) is 0 Å². The van der Waals surface area contributed by atoms with E-state index in [1.165, 1.54) is 11.9 Å². The second-order valence-electron chi connectivity index (χ2n) is 6.60. The van der Waals surface area contributed by atoms with Crippen molar-refractivity contribution in [2.45, 2.75) is 36.3 Å². The number of aliphatic imine (C=N–C) groups is 1. The molecule has 1 unspecified atom stereocenters. The predicted octanol–water partition coefficient (Wildman–Crippen LogP) is 3.59. The zero-order chi connectivity index (χ0) is 21.1. The van der Waals surface area contributed by atoms with E-state index < -0.39 is 10.0 Å². The fraction of sp³-hybridized carbons (Fsp3) is 0.381. The van der Waals surface area contributed by atoms with Crippen LogP contribution in [0.3, 0.4) is 0 Å². The molecule has 0 aliphatic carbocycles. The lowest BCUT2D eigenvalue weighted by atomic mass is 10.1. The van der Waals surface area contributed by atoms with Gasteiger partial charge in [0, 0.05) is 23.2 Å². The number of rotatable bonds is 10. The average molecular weight is 563 g/mol. The highest BCUT2D eigenvalue weighted by Crippen LogP contribution is 2.21. The SMILES string of the molecule is CCNC(=NCc1cccc(CS(=O)(=O)NC)c1)NCC(C)Sc1ccccc1.I. The number of thioether (sulfide) groups is 1. The van der Waals surface area contributed by atoms with Crippen LogP contribution in [0.2, 0.25) is 0 Å². The van der Waals surface area contributed by atoms with Crippen LogP contribution in [0.4, 0.5) is 0 Å². The van der Waals surface area contributed by atoms with E-state index in [1.54, 1.807) is 0 Å². The van der Waals surface area contributed by atoms with Gasteiger partial charge in [-0.1, -0.05) is 49.4 Å². The van der Waals surface area contributed by atoms with Crippen molar-refractivity contribution in [3.63, 3.8) is 0 Å². The third-order valence-corrected chi connectivity index (χ3v) is 6.51. The van der Waals surface area contributed by atoms with Crippen molar-refractivity contribution in [1.82, 2.24) is 15.4 Å². The molecule has 0 aromatic heterocycles. The van der Waals surface area contributed by atoms with Crippen molar-refractivity contribution >= 4 is 51.7 Å². The maximum absolute atomic E-state index is 11.8. The summed E-state index contributed by atoms with van der Waals surface area (Å²) in [6, 6.07) is 17.9. The van der Waals surface area contributed by atoms with Gasteiger partial charge in [0.2, 0.25) is 10.0 Å². The molecule has 1 atom stereocenters. The van der Waals surface area contributed by atoms with Crippen LogP contribution in [-0.4, -0.2) is 39.8 Å². The normalized spacial score (nSPS) is 12.7. The molecule has 2 aromatic carbocycles. The largest absolute Gasteiger partial charge is 0.357 e. The standard InChI is InChI=1S/C21H30N4O2S2.HI/c1-4-23-21(24-14-17(2)28-20-11-6-5-7-12-20)25-15-18-9-8-10-19(13-18)16-29(26,27)22-3;/h5-13,17,22H,4,14-16H2,1-3H3,(H2,23,24,25);1H. The number of halogens is 1. The molecule has 3 N–H and O–H groups in total. The summed E-state index contributed by atoms with van der Waals surface area (Å²) in [5.41, 5.74) is 1.72. The molecular formula is C21H31IN4O2S2. The molecule has 0 fully saturated rings. The minimum atomic E-state index is -3.29. The maximum atomic E-state index is 11.8. The van der Waals surface area contributed by atoms with E-state index in [-0.39, 0.29) is 29.7 Å². The molecule has 0 bridgehead atoms. The van der Waals surface area contributed by atoms with Gasteiger partial charge in [0.05, 0.1) is 12.3 Å². The number of guanidine groups is 1. The zero-order valence-electron chi connectivity index (χ0n) is 17.6. The maximum Gasteiger partial charge on any atom is 0.215 e. The van der Waals surface area contributed by atoms with E-state index >= 15 is 0 Å². The lowest BCUT2D eigenvalue weighted by molar-refractivity contribution is 0.587. The number of nitrogens with one attached hydrogen (secondary N) is 3. The van der Waals surface area contributed by atoms with E-state index in [4.69, 9.17) is 0 Å². The molecule has 0 aliphatic heterocycles. The summed E-state index contributed by atoms with van der Waals surface area (Å²) in [6.45, 7) is 6.24. The van der Waals surface area contributed by atoms with Crippen LogP contribution in [0.5, 0.6) is 0 Å². The smallest absolute Gasteiger partial charge is 0.215 e. The highest BCUT2D eigenvalue weighted by atomic mass is 127. The first-order valence-electron chi connectivity index (χ1n) is 9.64. The number of nitrogens with zero attached hydrogens (tertiary/aromatic N) is 1. The van der Waals surface area contributed by atoms with Crippen molar-refractivity contribution < 1.29 is 8.42 Å². The van der Waals surface area contributed by atoms with Gasteiger partial charge in [-0.2, -0.15) is 0 Å². The quantitative estimate of drug-likeness (QED) is 0.179. The first kappa shape index (κ1) is 26.7. The molecule has 9 heteroatoms. The van der Waals surface area contributed by atoms with Gasteiger partial charge >= 0.3 is 0 Å². The molecule has 166 valence electrons. The summed E-state index contributed by atoms with van der Waals surface area (Å²) >= 11 is 1.82. The summed E-state index contributed by atoms with van der Waals surface area (Å²) in [7, 11) is -1.86. The summed E-state index contributed by atoms with van der Waals surface area (Å²) in [4.78, 5) is 5.89. The average Bonchev–Trinajstić information content (AvgIpc) is 2.71. The first-order chi connectivity index (χ1) is 13.9. The molecule has 0 radical (unpaired) electrons. The topological polar surface area (TPSA) is 82.6 Å². The van der Waals surface area contributed by atoms with Gasteiger partial charge in [-0.3, -0.25) is 0 Å². The van der Waals surface area contributed by atoms with E-state index in [1.807, 2.05) is 61.2 Å². The van der Waals surface area contributed by atoms with E-state index in [9.17, 15) is 8.42 Å². The Bertz CT molecular complexity index is 893. The number of hydrogen-bond acceptors (Lipinski definition) is 4. The number of sulfonamides is 1. The molecule has 30 heavy (non-hydrogen) atoms. The molecule has 2 aromatic rings. The second-order valence-corrected chi connectivity index (χ2v) is 10.0. The summed E-state index contributed by atoms with van der Waals surface area (Å²) in [5.74, 6) is 0.717. The van der Waals surface area contributed by atoms with Gasteiger partial charge in [-0.15, -0.1) is 35.7 Å². The van der Waals surface area contributed by atoms with Crippen LogP contribution in [0, 0.1) is 0 Å². The first-order valence-corrected chi connectivity index (χ1v) is 12.2. The molecule has 0 spiro atoms. The molecule has 0 heterocycles. The van der Waals surface area contributed by atoms with Crippen molar-refractivity contribution in [2.24, 2.45) is 4.99 Å². The predicted molar refractivity (Wildman–Crippen MR) is 138 cm³/mol. The minimum Gasteiger partial charge on any atom is -0.357 e. The van der Waals surface area contributed by atoms with E-state index in [0.29, 0.717) is 11.8 Å². The van der Waals surface area contributed by atoms with Gasteiger partial charge in [0.25, 0.3) is 0 Å². The van der Waals surface area contributed by atoms with Crippen molar-refractivity contribution in [3.05, 3.63) is 65.7 Å². The van der Waals surface area contributed by atoms with Crippen LogP contribution in [0.1, 0.15) is 25.0 Å². The third-order valence-electron chi connectivity index (χ3n) is 4.06. The molecular weight excluding hydrogens is 531 g/mol. The Morgan fingerprint density at radius 2 is 1.77 bits per heavy atom. The van der Waals surface area contributed by atoms with Crippen LogP contribution >= 0.6 is 35.7 Å². The van der Waals surface area contributed by atoms with Crippen LogP contribution in [-0.2, 0) is 22.3 Å². The van der Waals surface area contributed by atoms with Crippen LogP contribution in [0.15, 0.2) is 64.5 Å². The Labute approximate surface area is 201 Å². The number of hydrogen-bond donors (Lipinski definition) is 3. The molecule has 2 rings (SSSR count). The van der Waals surface area contributed by atoms with E-state index in [2.05, 4.69) is 39.4 Å². The van der Waals surface area contributed by atoms with Gasteiger partial charge < -0.3 is 10.6 Å². The van der Waals surface area contributed by atoms with Gasteiger partial charge in [0.1, 0.15) is 0 Å². The van der Waals surface area contributed by atoms with Crippen molar-refractivity contribution in [2.75, 3.05) is 20.1 Å². The molecule has 0 saturated carbocycles. The van der Waals surface area contributed by atoms with Crippen molar-refractivity contribution in [1.29, 1.82) is 0 Å². The fourth-order valence-corrected chi connectivity index (χ4v) is 4.34. The Balaban J connectivity index is 0.00000450. The number of benzene rings is 2. The Morgan fingerprint density at radius 3 is 2.43 bits per heavy atom. The lowest BCUT2D eigenvalue weighted by Crippen LogP contribution is -2.40. The van der Waals surface area contributed by atoms with Gasteiger partial charge in [-0.25, -0.2) is 18.1 Å². The van der Waals surface area contributed by atoms with Crippen LogP contribution in [0.25, 0.3) is 0 Å². The minimum absolute atomic E-state index is 0. The fourth-order valence-electron chi connectivity index (χ4n) is 2.63. The Hall–Kier alpha value is -1.30. The molecule has 6 nitrogen and oxygen atoms in total. The van der Waals surface area contributed by atoms with E-state index in [0.717, 1.165) is 30.2 Å². The summed E-state index contributed by atoms with van der Waals surface area (Å²) in [6.07, 6.45) is 0. The second kappa shape index (κ2) is 13.9. The van der Waals surface area contributed by atoms with Crippen LogP contribution < -0.4 is 15.4 Å². The molecule has 0 amide bonds. The highest BCUT2D eigenvalue weighted by Gasteiger charge is 2.09. The molecule has 0 aliphatic rings. The monoisotopic (exact) mass is 562 g/mol. The van der Waals surface area contributed by atoms with Gasteiger partial charge in [-0.05, 0) is 37.2 Å². The third kappa shape index (κ3) is 10.1. The molecule has 0 saturated heterocycles. The summed E-state index contributed by atoms with van der Waals surface area (Å²) < 4.78 is 25.8. The lowest BCUT2D eigenvalue weighted by Gasteiger charge is -2.16. The Morgan fingerprint density at radius 1 is 1.07 bits per heavy atom.